The summed E-state index contributed by atoms with van der Waals surface area (Å²) in [6.07, 6.45) is 1.75. The Morgan fingerprint density at radius 3 is 2.60 bits per heavy atom. The quantitative estimate of drug-likeness (QED) is 0.779. The Kier molecular flexibility index (Phi) is 6.95. The number of nitrogens with zero attached hydrogens (tertiary/aromatic N) is 1. The van der Waals surface area contributed by atoms with Crippen LogP contribution in [0.15, 0.2) is 53.4 Å². The molecular formula is C18H22ClFN2O2S. The maximum Gasteiger partial charge on any atom is 0.240 e. The lowest BCUT2D eigenvalue weighted by molar-refractivity contribution is 0.251. The lowest BCUT2D eigenvalue weighted by atomic mass is 10.00. The zero-order valence-electron chi connectivity index (χ0n) is 13.8. The molecule has 0 atom stereocenters. The first-order valence-electron chi connectivity index (χ1n) is 8.09. The standard InChI is InChI=1S/C18H21FN2O2S.ClH/c19-17-7-3-8-18(13-17)24(22,23)20-10-4-11-21-12-9-15-5-1-2-6-16(15)14-21;/h1-3,5-8,13,20H,4,9-12,14H2;1H. The van der Waals surface area contributed by atoms with E-state index in [0.717, 1.165) is 38.5 Å². The number of nitrogens with one attached hydrogen (secondary N) is 1. The topological polar surface area (TPSA) is 49.4 Å². The van der Waals surface area contributed by atoms with E-state index in [0.29, 0.717) is 6.54 Å². The highest BCUT2D eigenvalue weighted by molar-refractivity contribution is 7.89. The smallest absolute Gasteiger partial charge is 0.240 e. The van der Waals surface area contributed by atoms with E-state index in [1.54, 1.807) is 0 Å². The Bertz CT molecular complexity index is 814. The zero-order valence-corrected chi connectivity index (χ0v) is 15.5. The maximum atomic E-state index is 13.2. The molecule has 1 heterocycles. The van der Waals surface area contributed by atoms with Gasteiger partial charge in [0.25, 0.3) is 0 Å². The Balaban J connectivity index is 0.00000225. The van der Waals surface area contributed by atoms with Crippen molar-refractivity contribution in [2.24, 2.45) is 0 Å². The van der Waals surface area contributed by atoms with Crippen molar-refractivity contribution in [3.63, 3.8) is 0 Å². The van der Waals surface area contributed by atoms with Crippen LogP contribution in [-0.4, -0.2) is 33.0 Å². The normalized spacial score (nSPS) is 14.6. The van der Waals surface area contributed by atoms with Crippen molar-refractivity contribution < 1.29 is 12.8 Å². The van der Waals surface area contributed by atoms with Crippen molar-refractivity contribution in [2.75, 3.05) is 19.6 Å². The molecule has 2 aromatic rings. The van der Waals surface area contributed by atoms with E-state index < -0.39 is 15.8 Å². The molecule has 1 N–H and O–H groups in total. The highest BCUT2D eigenvalue weighted by Crippen LogP contribution is 2.18. The highest BCUT2D eigenvalue weighted by atomic mass is 35.5. The fraction of sp³-hybridized carbons (Fsp3) is 0.333. The summed E-state index contributed by atoms with van der Waals surface area (Å²) in [6.45, 7) is 3.08. The molecule has 136 valence electrons. The van der Waals surface area contributed by atoms with Gasteiger partial charge in [0.15, 0.2) is 0 Å². The van der Waals surface area contributed by atoms with Crippen LogP contribution >= 0.6 is 12.4 Å². The van der Waals surface area contributed by atoms with Gasteiger partial charge in [-0.1, -0.05) is 30.3 Å². The van der Waals surface area contributed by atoms with E-state index in [-0.39, 0.29) is 17.3 Å². The molecule has 7 heteroatoms. The molecule has 0 aromatic heterocycles. The largest absolute Gasteiger partial charge is 0.299 e. The number of hydrogen-bond acceptors (Lipinski definition) is 3. The highest BCUT2D eigenvalue weighted by Gasteiger charge is 2.16. The third-order valence-corrected chi connectivity index (χ3v) is 5.72. The molecule has 0 aliphatic carbocycles. The van der Waals surface area contributed by atoms with Crippen LogP contribution in [-0.2, 0) is 23.0 Å². The van der Waals surface area contributed by atoms with Crippen molar-refractivity contribution in [3.05, 3.63) is 65.5 Å². The van der Waals surface area contributed by atoms with Crippen LogP contribution in [0.5, 0.6) is 0 Å². The molecule has 0 saturated heterocycles. The van der Waals surface area contributed by atoms with Gasteiger partial charge < -0.3 is 0 Å². The predicted octanol–water partition coefficient (Wildman–Crippen LogP) is 2.97. The Hall–Kier alpha value is -1.47. The summed E-state index contributed by atoms with van der Waals surface area (Å²) >= 11 is 0. The number of sulfonamides is 1. The van der Waals surface area contributed by atoms with Gasteiger partial charge in [0, 0.05) is 19.6 Å². The summed E-state index contributed by atoms with van der Waals surface area (Å²) in [6, 6.07) is 13.5. The zero-order chi connectivity index (χ0) is 17.0. The van der Waals surface area contributed by atoms with Gasteiger partial charge in [0.05, 0.1) is 4.90 Å². The molecule has 0 fully saturated rings. The monoisotopic (exact) mass is 384 g/mol. The molecule has 0 bridgehead atoms. The predicted molar refractivity (Wildman–Crippen MR) is 98.9 cm³/mol. The molecule has 2 aromatic carbocycles. The van der Waals surface area contributed by atoms with E-state index >= 15 is 0 Å². The van der Waals surface area contributed by atoms with Crippen molar-refractivity contribution in [1.29, 1.82) is 0 Å². The second kappa shape index (κ2) is 8.76. The van der Waals surface area contributed by atoms with Crippen LogP contribution < -0.4 is 4.72 Å². The average molecular weight is 385 g/mol. The van der Waals surface area contributed by atoms with Gasteiger partial charge in [-0.25, -0.2) is 17.5 Å². The summed E-state index contributed by atoms with van der Waals surface area (Å²) in [4.78, 5) is 2.30. The molecule has 0 amide bonds. The minimum absolute atomic E-state index is 0. The summed E-state index contributed by atoms with van der Waals surface area (Å²) in [5.41, 5.74) is 2.75. The first-order chi connectivity index (χ1) is 11.5. The van der Waals surface area contributed by atoms with Crippen molar-refractivity contribution in [1.82, 2.24) is 9.62 Å². The van der Waals surface area contributed by atoms with Crippen LogP contribution in [0.4, 0.5) is 4.39 Å². The molecule has 3 rings (SSSR count). The van der Waals surface area contributed by atoms with Gasteiger partial charge in [-0.15, -0.1) is 12.4 Å². The molecule has 1 aliphatic rings. The lowest BCUT2D eigenvalue weighted by Gasteiger charge is -2.28. The van der Waals surface area contributed by atoms with Gasteiger partial charge >= 0.3 is 0 Å². The van der Waals surface area contributed by atoms with Crippen molar-refractivity contribution in [3.8, 4) is 0 Å². The molecule has 1 aliphatic heterocycles. The van der Waals surface area contributed by atoms with Crippen LogP contribution in [0.2, 0.25) is 0 Å². The molecule has 4 nitrogen and oxygen atoms in total. The third kappa shape index (κ3) is 5.25. The molecule has 25 heavy (non-hydrogen) atoms. The minimum Gasteiger partial charge on any atom is -0.299 e. The Morgan fingerprint density at radius 2 is 1.84 bits per heavy atom. The van der Waals surface area contributed by atoms with Crippen molar-refractivity contribution in [2.45, 2.75) is 24.3 Å². The average Bonchev–Trinajstić information content (AvgIpc) is 2.59. The minimum atomic E-state index is -3.64. The molecular weight excluding hydrogens is 363 g/mol. The number of hydrogen-bond donors (Lipinski definition) is 1. The van der Waals surface area contributed by atoms with E-state index in [2.05, 4.69) is 33.9 Å². The van der Waals surface area contributed by atoms with E-state index in [1.165, 1.54) is 29.3 Å². The summed E-state index contributed by atoms with van der Waals surface area (Å²) < 4.78 is 39.9. The molecule has 0 radical (unpaired) electrons. The van der Waals surface area contributed by atoms with Gasteiger partial charge in [-0.2, -0.15) is 0 Å². The van der Waals surface area contributed by atoms with Crippen LogP contribution in [0.3, 0.4) is 0 Å². The van der Waals surface area contributed by atoms with Gasteiger partial charge in [0.2, 0.25) is 10.0 Å². The number of benzene rings is 2. The van der Waals surface area contributed by atoms with E-state index in [1.807, 2.05) is 0 Å². The summed E-state index contributed by atoms with van der Waals surface area (Å²) in [5, 5.41) is 0. The third-order valence-electron chi connectivity index (χ3n) is 4.26. The Morgan fingerprint density at radius 1 is 1.08 bits per heavy atom. The lowest BCUT2D eigenvalue weighted by Crippen LogP contribution is -2.33. The number of fused-ring (bicyclic) bond motifs is 1. The number of halogens is 2. The molecule has 0 spiro atoms. The van der Waals surface area contributed by atoms with E-state index in [9.17, 15) is 12.8 Å². The SMILES string of the molecule is Cl.O=S(=O)(NCCCN1CCc2ccccc2C1)c1cccc(F)c1. The fourth-order valence-electron chi connectivity index (χ4n) is 2.97. The van der Waals surface area contributed by atoms with Crippen LogP contribution in [0.25, 0.3) is 0 Å². The Labute approximate surface area is 154 Å². The first kappa shape index (κ1) is 19.8. The maximum absolute atomic E-state index is 13.2. The van der Waals surface area contributed by atoms with E-state index in [4.69, 9.17) is 0 Å². The van der Waals surface area contributed by atoms with Gasteiger partial charge in [-0.3, -0.25) is 4.90 Å². The molecule has 0 unspecified atom stereocenters. The van der Waals surface area contributed by atoms with Crippen LogP contribution in [0, 0.1) is 5.82 Å². The molecule has 0 saturated carbocycles. The fourth-order valence-corrected chi connectivity index (χ4v) is 4.08. The van der Waals surface area contributed by atoms with Gasteiger partial charge in [-0.05, 0) is 48.7 Å². The summed E-state index contributed by atoms with van der Waals surface area (Å²) in [5.74, 6) is -0.551. The second-order valence-corrected chi connectivity index (χ2v) is 7.77. The first-order valence-corrected chi connectivity index (χ1v) is 9.57. The summed E-state index contributed by atoms with van der Waals surface area (Å²) in [7, 11) is -3.64. The van der Waals surface area contributed by atoms with Crippen LogP contribution in [0.1, 0.15) is 17.5 Å². The second-order valence-electron chi connectivity index (χ2n) is 6.00. The van der Waals surface area contributed by atoms with Gasteiger partial charge in [0.1, 0.15) is 5.82 Å². The number of rotatable bonds is 6. The van der Waals surface area contributed by atoms with Crippen molar-refractivity contribution >= 4 is 22.4 Å².